The van der Waals surface area contributed by atoms with Crippen LogP contribution in [-0.4, -0.2) is 18.9 Å². The third-order valence-electron chi connectivity index (χ3n) is 6.74. The molecule has 4 heteroatoms. The minimum Gasteiger partial charge on any atom is -0.466 e. The molecule has 0 atom stereocenters. The normalized spacial score (nSPS) is 12.0. The van der Waals surface area contributed by atoms with Crippen LogP contribution in [0.3, 0.4) is 0 Å². The van der Waals surface area contributed by atoms with Crippen molar-refractivity contribution >= 4 is 15.9 Å². The molecule has 4 rings (SSSR count). The fourth-order valence-corrected chi connectivity index (χ4v) is 4.95. The van der Waals surface area contributed by atoms with Crippen LogP contribution in [0.5, 0.6) is 5.75 Å². The molecule has 1 heterocycles. The summed E-state index contributed by atoms with van der Waals surface area (Å²) in [7, 11) is 1.66. The summed E-state index contributed by atoms with van der Waals surface area (Å²) in [4.78, 5) is 4.75. The number of nitrogens with zero attached hydrogens (tertiary/aromatic N) is 1. The molecule has 4 aromatic rings. The van der Waals surface area contributed by atoms with E-state index in [0.717, 1.165) is 49.4 Å². The van der Waals surface area contributed by atoms with Gasteiger partial charge in [0.05, 0.1) is 5.69 Å². The molecular weight excluding hydrogens is 534 g/mol. The minimum absolute atomic E-state index is 0.00911. The van der Waals surface area contributed by atoms with Gasteiger partial charge in [-0.2, -0.15) is 0 Å². The Balaban J connectivity index is 2.03. The number of hydrogen-bond donors (Lipinski definition) is 0. The molecule has 0 aliphatic carbocycles. The summed E-state index contributed by atoms with van der Waals surface area (Å²) < 4.78 is 12.6. The van der Waals surface area contributed by atoms with E-state index in [2.05, 4.69) is 119 Å². The molecule has 38 heavy (non-hydrogen) atoms. The Morgan fingerprint density at radius 1 is 0.711 bits per heavy atom. The van der Waals surface area contributed by atoms with Gasteiger partial charge in [-0.15, -0.1) is 0 Å². The van der Waals surface area contributed by atoms with Crippen molar-refractivity contribution in [3.63, 3.8) is 0 Å². The number of halogens is 1. The van der Waals surface area contributed by atoms with Gasteiger partial charge in [-0.05, 0) is 85.8 Å². The zero-order chi connectivity index (χ0) is 27.7. The third-order valence-corrected chi connectivity index (χ3v) is 7.18. The molecule has 0 saturated carbocycles. The molecule has 0 aliphatic rings. The van der Waals surface area contributed by atoms with Crippen molar-refractivity contribution < 1.29 is 9.47 Å². The molecule has 3 aromatic carbocycles. The quantitative estimate of drug-likeness (QED) is 0.170. The highest BCUT2D eigenvalue weighted by molar-refractivity contribution is 9.10. The van der Waals surface area contributed by atoms with Crippen LogP contribution in [0.15, 0.2) is 77.4 Å². The van der Waals surface area contributed by atoms with Gasteiger partial charge in [0, 0.05) is 23.8 Å². The molecular formula is C34H38BrNO2. The van der Waals surface area contributed by atoms with E-state index in [4.69, 9.17) is 14.5 Å². The van der Waals surface area contributed by atoms with E-state index in [9.17, 15) is 0 Å². The Kier molecular flexibility index (Phi) is 8.15. The van der Waals surface area contributed by atoms with Crippen LogP contribution in [0.2, 0.25) is 0 Å². The van der Waals surface area contributed by atoms with E-state index in [1.807, 2.05) is 18.2 Å². The molecule has 198 valence electrons. The summed E-state index contributed by atoms with van der Waals surface area (Å²) in [5.41, 5.74) is 10.0. The van der Waals surface area contributed by atoms with Crippen LogP contribution >= 0.6 is 15.9 Å². The smallest absolute Gasteiger partial charge is 0.188 e. The van der Waals surface area contributed by atoms with Gasteiger partial charge in [0.2, 0.25) is 0 Å². The highest BCUT2D eigenvalue weighted by atomic mass is 79.9. The Morgan fingerprint density at radius 3 is 1.89 bits per heavy atom. The number of hydrogen-bond acceptors (Lipinski definition) is 3. The summed E-state index contributed by atoms with van der Waals surface area (Å²) in [6, 6.07) is 25.8. The molecule has 1 aromatic heterocycles. The van der Waals surface area contributed by atoms with E-state index in [-0.39, 0.29) is 17.6 Å². The molecule has 3 nitrogen and oxygen atoms in total. The Hall–Kier alpha value is -2.95. The first kappa shape index (κ1) is 28.1. The van der Waals surface area contributed by atoms with Crippen molar-refractivity contribution in [3.05, 3.63) is 94.1 Å². The Morgan fingerprint density at radius 2 is 1.32 bits per heavy atom. The summed E-state index contributed by atoms with van der Waals surface area (Å²) in [5.74, 6) is 0.811. The first-order chi connectivity index (χ1) is 17.9. The number of aromatic nitrogens is 1. The van der Waals surface area contributed by atoms with Gasteiger partial charge in [0.15, 0.2) is 6.79 Å². The molecule has 0 radical (unpaired) electrons. The Bertz CT molecular complexity index is 1410. The van der Waals surface area contributed by atoms with Crippen LogP contribution in [0.1, 0.15) is 58.2 Å². The predicted molar refractivity (Wildman–Crippen MR) is 163 cm³/mol. The largest absolute Gasteiger partial charge is 0.466 e. The number of rotatable bonds is 6. The monoisotopic (exact) mass is 571 g/mol. The van der Waals surface area contributed by atoms with Crippen molar-refractivity contribution in [1.29, 1.82) is 0 Å². The summed E-state index contributed by atoms with van der Waals surface area (Å²) in [6.07, 6.45) is 0. The maximum atomic E-state index is 6.39. The topological polar surface area (TPSA) is 31.4 Å². The van der Waals surface area contributed by atoms with Crippen LogP contribution in [0.25, 0.3) is 33.5 Å². The Labute approximate surface area is 236 Å². The van der Waals surface area contributed by atoms with Crippen molar-refractivity contribution in [2.75, 3.05) is 13.9 Å². The maximum Gasteiger partial charge on any atom is 0.188 e. The molecule has 0 unspecified atom stereocenters. The summed E-state index contributed by atoms with van der Waals surface area (Å²) in [6.45, 7) is 15.9. The number of pyridine rings is 1. The first-order valence-electron chi connectivity index (χ1n) is 13.0. The van der Waals surface area contributed by atoms with E-state index >= 15 is 0 Å². The van der Waals surface area contributed by atoms with E-state index in [1.165, 1.54) is 11.1 Å². The molecule has 0 bridgehead atoms. The fourth-order valence-electron chi connectivity index (χ4n) is 4.61. The van der Waals surface area contributed by atoms with Gasteiger partial charge in [-0.3, -0.25) is 0 Å². The second-order valence-electron chi connectivity index (χ2n) is 11.9. The highest BCUT2D eigenvalue weighted by Crippen LogP contribution is 2.45. The number of methoxy groups -OCH3 is 1. The molecule has 0 saturated heterocycles. The van der Waals surface area contributed by atoms with E-state index in [0.29, 0.717) is 0 Å². The van der Waals surface area contributed by atoms with Crippen LogP contribution in [0, 0.1) is 6.92 Å². The van der Waals surface area contributed by atoms with Crippen LogP contribution in [0.4, 0.5) is 0 Å². The molecule has 0 aliphatic heterocycles. The van der Waals surface area contributed by atoms with Gasteiger partial charge in [0.25, 0.3) is 0 Å². The first-order valence-corrected chi connectivity index (χ1v) is 13.8. The maximum absolute atomic E-state index is 6.39. The van der Waals surface area contributed by atoms with E-state index in [1.54, 1.807) is 7.11 Å². The standard InChI is InChI=1S/C34H38BrNO2/c1-22-16-28(23-18-24(33(2,3)4)20-25(19-23)34(5,6)7)32(38-21-37-8)29(17-22)26-12-9-10-13-27(26)30-14-11-15-31(35)36-30/h9-20H,21H2,1-8H3. The van der Waals surface area contributed by atoms with Crippen molar-refractivity contribution in [1.82, 2.24) is 4.98 Å². The second-order valence-corrected chi connectivity index (χ2v) is 12.7. The SMILES string of the molecule is COCOc1c(-c2cc(C(C)(C)C)cc(C(C)(C)C)c2)cc(C)cc1-c1ccccc1-c1cccc(Br)n1. The lowest BCUT2D eigenvalue weighted by atomic mass is 9.78. The number of aryl methyl sites for hydroxylation is 1. The zero-order valence-electron chi connectivity index (χ0n) is 23.8. The average molecular weight is 573 g/mol. The minimum atomic E-state index is 0.00911. The highest BCUT2D eigenvalue weighted by Gasteiger charge is 2.24. The molecule has 0 N–H and O–H groups in total. The third kappa shape index (κ3) is 6.19. The van der Waals surface area contributed by atoms with Gasteiger partial charge >= 0.3 is 0 Å². The van der Waals surface area contributed by atoms with Crippen molar-refractivity contribution in [2.24, 2.45) is 0 Å². The second kappa shape index (κ2) is 11.0. The zero-order valence-corrected chi connectivity index (χ0v) is 25.4. The lowest BCUT2D eigenvalue weighted by molar-refractivity contribution is 0.0519. The molecule has 0 spiro atoms. The van der Waals surface area contributed by atoms with Crippen LogP contribution in [-0.2, 0) is 15.6 Å². The lowest BCUT2D eigenvalue weighted by Gasteiger charge is -2.27. The van der Waals surface area contributed by atoms with Gasteiger partial charge in [0.1, 0.15) is 10.4 Å². The van der Waals surface area contributed by atoms with Crippen LogP contribution < -0.4 is 4.74 Å². The average Bonchev–Trinajstić information content (AvgIpc) is 2.86. The van der Waals surface area contributed by atoms with Gasteiger partial charge in [-0.1, -0.05) is 90.1 Å². The van der Waals surface area contributed by atoms with Crippen molar-refractivity contribution in [2.45, 2.75) is 59.3 Å². The predicted octanol–water partition coefficient (Wildman–Crippen LogP) is 9.73. The van der Waals surface area contributed by atoms with Gasteiger partial charge in [-0.25, -0.2) is 4.98 Å². The summed E-state index contributed by atoms with van der Waals surface area (Å²) in [5, 5.41) is 0. The molecule has 0 amide bonds. The van der Waals surface area contributed by atoms with Gasteiger partial charge < -0.3 is 9.47 Å². The number of benzene rings is 3. The fraction of sp³-hybridized carbons (Fsp3) is 0.324. The molecule has 0 fully saturated rings. The lowest BCUT2D eigenvalue weighted by Crippen LogP contribution is -2.16. The van der Waals surface area contributed by atoms with E-state index < -0.39 is 0 Å². The van der Waals surface area contributed by atoms with Crippen molar-refractivity contribution in [3.8, 4) is 39.3 Å². The number of ether oxygens (including phenoxy) is 2. The summed E-state index contributed by atoms with van der Waals surface area (Å²) >= 11 is 3.54.